The van der Waals surface area contributed by atoms with Crippen molar-refractivity contribution in [3.05, 3.63) is 65.9 Å². The molecule has 2 aromatic carbocycles. The standard InChI is InChI=1S/C22H26N4O2/c1-27-19-10-5-7-17(13-19)14-26(15-20-11-6-12-28-20)16-21-22(24-25-23-21)18-8-3-2-4-9-18/h2-5,7-10,13,20H,6,11-12,14-16H2,1H3,(H,23,24,25)/t20-/m1/s1. The molecule has 0 bridgehead atoms. The highest BCUT2D eigenvalue weighted by molar-refractivity contribution is 5.60. The molecule has 146 valence electrons. The quantitative estimate of drug-likeness (QED) is 0.648. The van der Waals surface area contributed by atoms with Gasteiger partial charge in [0.1, 0.15) is 17.1 Å². The van der Waals surface area contributed by atoms with E-state index >= 15 is 0 Å². The molecule has 1 saturated heterocycles. The first-order valence-corrected chi connectivity index (χ1v) is 9.74. The zero-order valence-electron chi connectivity index (χ0n) is 16.2. The number of rotatable bonds is 8. The maximum atomic E-state index is 5.89. The Bertz CT molecular complexity index is 875. The molecule has 28 heavy (non-hydrogen) atoms. The minimum absolute atomic E-state index is 0.276. The highest BCUT2D eigenvalue weighted by Crippen LogP contribution is 2.23. The number of nitrogens with zero attached hydrogens (tertiary/aromatic N) is 3. The summed E-state index contributed by atoms with van der Waals surface area (Å²) in [6.07, 6.45) is 2.52. The molecule has 1 aliphatic heterocycles. The van der Waals surface area contributed by atoms with Crippen LogP contribution in [-0.4, -0.2) is 46.7 Å². The lowest BCUT2D eigenvalue weighted by atomic mass is 10.1. The largest absolute Gasteiger partial charge is 0.497 e. The number of hydrogen-bond donors (Lipinski definition) is 1. The van der Waals surface area contributed by atoms with Gasteiger partial charge >= 0.3 is 0 Å². The molecule has 6 nitrogen and oxygen atoms in total. The highest BCUT2D eigenvalue weighted by atomic mass is 16.5. The number of aromatic amines is 1. The molecule has 4 rings (SSSR count). The Morgan fingerprint density at radius 1 is 1.11 bits per heavy atom. The average molecular weight is 378 g/mol. The van der Waals surface area contributed by atoms with E-state index < -0.39 is 0 Å². The van der Waals surface area contributed by atoms with E-state index in [-0.39, 0.29) is 6.10 Å². The second-order valence-corrected chi connectivity index (χ2v) is 7.14. The van der Waals surface area contributed by atoms with Crippen molar-refractivity contribution >= 4 is 0 Å². The molecular formula is C22H26N4O2. The van der Waals surface area contributed by atoms with E-state index in [9.17, 15) is 0 Å². The zero-order valence-corrected chi connectivity index (χ0v) is 16.2. The van der Waals surface area contributed by atoms with E-state index in [1.54, 1.807) is 7.11 Å². The number of methoxy groups -OCH3 is 1. The van der Waals surface area contributed by atoms with Crippen LogP contribution in [0.5, 0.6) is 5.75 Å². The van der Waals surface area contributed by atoms with Gasteiger partial charge in [-0.05, 0) is 30.5 Å². The van der Waals surface area contributed by atoms with Gasteiger partial charge in [-0.2, -0.15) is 15.4 Å². The molecule has 1 aliphatic rings. The molecule has 2 heterocycles. The van der Waals surface area contributed by atoms with E-state index in [0.717, 1.165) is 55.2 Å². The second kappa shape index (κ2) is 8.99. The van der Waals surface area contributed by atoms with E-state index in [1.807, 2.05) is 30.3 Å². The predicted octanol–water partition coefficient (Wildman–Crippen LogP) is 3.66. The third-order valence-corrected chi connectivity index (χ3v) is 5.07. The van der Waals surface area contributed by atoms with Crippen molar-refractivity contribution in [2.45, 2.75) is 32.0 Å². The number of benzene rings is 2. The lowest BCUT2D eigenvalue weighted by Crippen LogP contribution is -2.31. The van der Waals surface area contributed by atoms with Crippen LogP contribution in [0.25, 0.3) is 11.3 Å². The van der Waals surface area contributed by atoms with E-state index in [2.05, 4.69) is 44.6 Å². The Morgan fingerprint density at radius 2 is 2.00 bits per heavy atom. The van der Waals surface area contributed by atoms with E-state index in [4.69, 9.17) is 9.47 Å². The Labute approximate surface area is 165 Å². The molecule has 0 spiro atoms. The highest BCUT2D eigenvalue weighted by Gasteiger charge is 2.22. The minimum Gasteiger partial charge on any atom is -0.497 e. The Balaban J connectivity index is 1.54. The van der Waals surface area contributed by atoms with Gasteiger partial charge in [0.15, 0.2) is 0 Å². The average Bonchev–Trinajstić information content (AvgIpc) is 3.41. The first-order valence-electron chi connectivity index (χ1n) is 9.74. The van der Waals surface area contributed by atoms with E-state index in [0.29, 0.717) is 6.54 Å². The molecule has 1 atom stereocenters. The van der Waals surface area contributed by atoms with Crippen molar-refractivity contribution in [3.8, 4) is 17.0 Å². The van der Waals surface area contributed by atoms with Crippen LogP contribution >= 0.6 is 0 Å². The summed E-state index contributed by atoms with van der Waals surface area (Å²) in [4.78, 5) is 2.38. The molecule has 1 aromatic heterocycles. The van der Waals surface area contributed by atoms with Crippen molar-refractivity contribution in [1.29, 1.82) is 0 Å². The van der Waals surface area contributed by atoms with Crippen molar-refractivity contribution in [2.75, 3.05) is 20.3 Å². The summed E-state index contributed by atoms with van der Waals surface area (Å²) in [5.74, 6) is 0.876. The van der Waals surface area contributed by atoms with Crippen LogP contribution in [0.4, 0.5) is 0 Å². The van der Waals surface area contributed by atoms with Crippen LogP contribution in [0.3, 0.4) is 0 Å². The monoisotopic (exact) mass is 378 g/mol. The van der Waals surface area contributed by atoms with Gasteiger partial charge in [0.05, 0.1) is 13.2 Å². The van der Waals surface area contributed by atoms with Crippen LogP contribution in [0.1, 0.15) is 24.1 Å². The van der Waals surface area contributed by atoms with Crippen molar-refractivity contribution < 1.29 is 9.47 Å². The lowest BCUT2D eigenvalue weighted by molar-refractivity contribution is 0.0675. The fraction of sp³-hybridized carbons (Fsp3) is 0.364. The maximum absolute atomic E-state index is 5.89. The molecule has 0 radical (unpaired) electrons. The van der Waals surface area contributed by atoms with Crippen LogP contribution < -0.4 is 4.74 Å². The summed E-state index contributed by atoms with van der Waals surface area (Å²) in [6, 6.07) is 18.4. The molecule has 6 heteroatoms. The fourth-order valence-electron chi connectivity index (χ4n) is 3.69. The third kappa shape index (κ3) is 4.58. The van der Waals surface area contributed by atoms with E-state index in [1.165, 1.54) is 5.56 Å². The van der Waals surface area contributed by atoms with Crippen LogP contribution in [0, 0.1) is 0 Å². The molecule has 1 N–H and O–H groups in total. The van der Waals surface area contributed by atoms with Gasteiger partial charge in [0, 0.05) is 31.8 Å². The van der Waals surface area contributed by atoms with Gasteiger partial charge in [-0.3, -0.25) is 4.90 Å². The Morgan fingerprint density at radius 3 is 2.79 bits per heavy atom. The Hall–Kier alpha value is -2.70. The summed E-state index contributed by atoms with van der Waals surface area (Å²) in [5.41, 5.74) is 4.14. The van der Waals surface area contributed by atoms with Crippen molar-refractivity contribution in [1.82, 2.24) is 20.3 Å². The van der Waals surface area contributed by atoms with Crippen molar-refractivity contribution in [2.24, 2.45) is 0 Å². The normalized spacial score (nSPS) is 16.6. The smallest absolute Gasteiger partial charge is 0.119 e. The zero-order chi connectivity index (χ0) is 19.2. The van der Waals surface area contributed by atoms with Gasteiger partial charge in [-0.15, -0.1) is 0 Å². The molecule has 0 unspecified atom stereocenters. The van der Waals surface area contributed by atoms with Crippen molar-refractivity contribution in [3.63, 3.8) is 0 Å². The summed E-state index contributed by atoms with van der Waals surface area (Å²) in [5, 5.41) is 11.6. The first kappa shape index (κ1) is 18.7. The molecule has 1 fully saturated rings. The summed E-state index contributed by atoms with van der Waals surface area (Å²) < 4.78 is 11.3. The number of H-pyrrole nitrogens is 1. The maximum Gasteiger partial charge on any atom is 0.119 e. The summed E-state index contributed by atoms with van der Waals surface area (Å²) >= 11 is 0. The topological polar surface area (TPSA) is 63.3 Å². The van der Waals surface area contributed by atoms with Gasteiger partial charge in [-0.25, -0.2) is 0 Å². The van der Waals surface area contributed by atoms with Crippen LogP contribution in [-0.2, 0) is 17.8 Å². The SMILES string of the molecule is COc1cccc(CN(Cc2n[nH]nc2-c2ccccc2)C[C@H]2CCCO2)c1. The number of aromatic nitrogens is 3. The lowest BCUT2D eigenvalue weighted by Gasteiger charge is -2.25. The molecule has 0 saturated carbocycles. The van der Waals surface area contributed by atoms with Crippen LogP contribution in [0.2, 0.25) is 0 Å². The van der Waals surface area contributed by atoms with Gasteiger partial charge in [-0.1, -0.05) is 42.5 Å². The molecule has 0 aliphatic carbocycles. The summed E-state index contributed by atoms with van der Waals surface area (Å²) in [6.45, 7) is 3.24. The minimum atomic E-state index is 0.276. The third-order valence-electron chi connectivity index (χ3n) is 5.07. The molecular weight excluding hydrogens is 352 g/mol. The van der Waals surface area contributed by atoms with Gasteiger partial charge in [0.2, 0.25) is 0 Å². The number of nitrogens with one attached hydrogen (secondary N) is 1. The summed E-state index contributed by atoms with van der Waals surface area (Å²) in [7, 11) is 1.70. The predicted molar refractivity (Wildman–Crippen MR) is 108 cm³/mol. The second-order valence-electron chi connectivity index (χ2n) is 7.14. The Kier molecular flexibility index (Phi) is 5.99. The molecule has 0 amide bonds. The fourth-order valence-corrected chi connectivity index (χ4v) is 3.69. The van der Waals surface area contributed by atoms with Crippen LogP contribution in [0.15, 0.2) is 54.6 Å². The van der Waals surface area contributed by atoms with Gasteiger partial charge in [0.25, 0.3) is 0 Å². The molecule has 3 aromatic rings. The first-order chi connectivity index (χ1) is 13.8. The van der Waals surface area contributed by atoms with Gasteiger partial charge < -0.3 is 9.47 Å². The number of ether oxygens (including phenoxy) is 2. The number of hydrogen-bond acceptors (Lipinski definition) is 5.